The van der Waals surface area contributed by atoms with Crippen molar-refractivity contribution in [1.82, 2.24) is 4.72 Å². The van der Waals surface area contributed by atoms with Gasteiger partial charge in [-0.1, -0.05) is 19.1 Å². The molecule has 0 amide bonds. The smallest absolute Gasteiger partial charge is 0.389 e. The van der Waals surface area contributed by atoms with Crippen LogP contribution in [0.3, 0.4) is 0 Å². The Labute approximate surface area is 115 Å². The molecule has 1 aromatic carbocycles. The lowest BCUT2D eigenvalue weighted by atomic mass is 10.1. The van der Waals surface area contributed by atoms with Gasteiger partial charge in [-0.3, -0.25) is 0 Å². The zero-order valence-corrected chi connectivity index (χ0v) is 11.8. The minimum Gasteiger partial charge on any atom is -0.389 e. The van der Waals surface area contributed by atoms with E-state index < -0.39 is 32.3 Å². The van der Waals surface area contributed by atoms with Crippen LogP contribution in [-0.4, -0.2) is 25.7 Å². The van der Waals surface area contributed by atoms with Crippen LogP contribution in [-0.2, 0) is 16.2 Å². The van der Waals surface area contributed by atoms with Crippen LogP contribution in [0, 0.1) is 0 Å². The molecule has 0 saturated carbocycles. The fourth-order valence-electron chi connectivity index (χ4n) is 1.39. The van der Waals surface area contributed by atoms with Gasteiger partial charge in [0.05, 0.1) is 16.1 Å². The predicted octanol–water partition coefficient (Wildman–Crippen LogP) is 2.14. The lowest BCUT2D eigenvalue weighted by Gasteiger charge is -2.22. The van der Waals surface area contributed by atoms with Crippen molar-refractivity contribution >= 4 is 10.0 Å². The van der Waals surface area contributed by atoms with Crippen LogP contribution in [0.1, 0.15) is 25.8 Å². The fraction of sp³-hybridized carbons (Fsp3) is 0.500. The molecule has 0 bridgehead atoms. The van der Waals surface area contributed by atoms with Gasteiger partial charge >= 0.3 is 6.18 Å². The molecular formula is C12H16F3NO3S. The number of halogens is 3. The van der Waals surface area contributed by atoms with Gasteiger partial charge in [0.15, 0.2) is 0 Å². The van der Waals surface area contributed by atoms with Gasteiger partial charge in [-0.05, 0) is 25.5 Å². The normalized spacial score (nSPS) is 15.9. The number of hydrogen-bond acceptors (Lipinski definition) is 3. The molecule has 0 fully saturated rings. The largest absolute Gasteiger partial charge is 0.417 e. The van der Waals surface area contributed by atoms with E-state index in [1.807, 2.05) is 4.72 Å². The first-order valence-corrected chi connectivity index (χ1v) is 7.36. The maximum absolute atomic E-state index is 12.8. The van der Waals surface area contributed by atoms with Crippen LogP contribution in [0.5, 0.6) is 0 Å². The number of nitrogens with one attached hydrogen (secondary N) is 1. The third-order valence-electron chi connectivity index (χ3n) is 2.89. The number of sulfonamides is 1. The minimum absolute atomic E-state index is 0.260. The van der Waals surface area contributed by atoms with E-state index in [0.717, 1.165) is 12.1 Å². The summed E-state index contributed by atoms with van der Waals surface area (Å²) in [5, 5.41) is 9.71. The standard InChI is InChI=1S/C12H16F3NO3S/c1-3-11(2,17)8-16-20(18,19)10-7-5-4-6-9(10)12(13,14)15/h4-7,16-17H,3,8H2,1-2H3. The molecule has 0 aliphatic carbocycles. The summed E-state index contributed by atoms with van der Waals surface area (Å²) >= 11 is 0. The first-order chi connectivity index (χ1) is 8.99. The summed E-state index contributed by atoms with van der Waals surface area (Å²) in [4.78, 5) is -0.848. The van der Waals surface area contributed by atoms with Gasteiger partial charge in [-0.2, -0.15) is 13.2 Å². The van der Waals surface area contributed by atoms with Crippen molar-refractivity contribution in [2.75, 3.05) is 6.54 Å². The number of hydrogen-bond donors (Lipinski definition) is 2. The van der Waals surface area contributed by atoms with Crippen molar-refractivity contribution in [2.45, 2.75) is 36.9 Å². The Morgan fingerprint density at radius 3 is 2.30 bits per heavy atom. The van der Waals surface area contributed by atoms with Gasteiger partial charge in [-0.15, -0.1) is 0 Å². The molecule has 0 aliphatic heterocycles. The van der Waals surface area contributed by atoms with E-state index >= 15 is 0 Å². The Morgan fingerprint density at radius 2 is 1.80 bits per heavy atom. The number of benzene rings is 1. The third-order valence-corrected chi connectivity index (χ3v) is 4.35. The first kappa shape index (κ1) is 16.9. The van der Waals surface area contributed by atoms with Crippen LogP contribution >= 0.6 is 0 Å². The van der Waals surface area contributed by atoms with Crippen molar-refractivity contribution in [1.29, 1.82) is 0 Å². The quantitative estimate of drug-likeness (QED) is 0.875. The van der Waals surface area contributed by atoms with E-state index in [4.69, 9.17) is 0 Å². The van der Waals surface area contributed by atoms with E-state index in [1.54, 1.807) is 6.92 Å². The summed E-state index contributed by atoms with van der Waals surface area (Å²) < 4.78 is 64.2. The SMILES string of the molecule is CCC(C)(O)CNS(=O)(=O)c1ccccc1C(F)(F)F. The highest BCUT2D eigenvalue weighted by molar-refractivity contribution is 7.89. The second-order valence-corrected chi connectivity index (χ2v) is 6.40. The molecule has 2 N–H and O–H groups in total. The monoisotopic (exact) mass is 311 g/mol. The Morgan fingerprint density at radius 1 is 1.25 bits per heavy atom. The summed E-state index contributed by atoms with van der Waals surface area (Å²) in [6.45, 7) is 2.67. The minimum atomic E-state index is -4.77. The van der Waals surface area contributed by atoms with E-state index in [2.05, 4.69) is 0 Å². The molecule has 0 aromatic heterocycles. The Bertz CT molecular complexity index is 568. The Kier molecular flexibility index (Phi) is 4.83. The van der Waals surface area contributed by atoms with Crippen molar-refractivity contribution in [3.05, 3.63) is 29.8 Å². The summed E-state index contributed by atoms with van der Waals surface area (Å²) in [5.41, 5.74) is -2.55. The molecule has 0 radical (unpaired) electrons. The highest BCUT2D eigenvalue weighted by Gasteiger charge is 2.37. The van der Waals surface area contributed by atoms with Crippen LogP contribution in [0.25, 0.3) is 0 Å². The zero-order valence-electron chi connectivity index (χ0n) is 11.0. The molecule has 0 heterocycles. The summed E-state index contributed by atoms with van der Waals surface area (Å²) in [7, 11) is -4.35. The molecule has 1 unspecified atom stereocenters. The second-order valence-electron chi connectivity index (χ2n) is 4.67. The Balaban J connectivity index is 3.12. The molecule has 114 valence electrons. The highest BCUT2D eigenvalue weighted by Crippen LogP contribution is 2.33. The van der Waals surface area contributed by atoms with Crippen molar-refractivity contribution < 1.29 is 26.7 Å². The number of alkyl halides is 3. The average Bonchev–Trinajstić information content (AvgIpc) is 2.36. The lowest BCUT2D eigenvalue weighted by molar-refractivity contribution is -0.139. The molecule has 1 aromatic rings. The van der Waals surface area contributed by atoms with Gasteiger partial charge < -0.3 is 5.11 Å². The fourth-order valence-corrected chi connectivity index (χ4v) is 2.78. The van der Waals surface area contributed by atoms with Crippen LogP contribution in [0.2, 0.25) is 0 Å². The maximum Gasteiger partial charge on any atom is 0.417 e. The molecular weight excluding hydrogens is 295 g/mol. The van der Waals surface area contributed by atoms with Gasteiger partial charge in [-0.25, -0.2) is 13.1 Å². The maximum atomic E-state index is 12.8. The molecule has 1 rings (SSSR count). The van der Waals surface area contributed by atoms with E-state index in [-0.39, 0.29) is 13.0 Å². The highest BCUT2D eigenvalue weighted by atomic mass is 32.2. The van der Waals surface area contributed by atoms with E-state index in [9.17, 15) is 26.7 Å². The molecule has 8 heteroatoms. The first-order valence-electron chi connectivity index (χ1n) is 5.88. The van der Waals surface area contributed by atoms with E-state index in [0.29, 0.717) is 6.07 Å². The van der Waals surface area contributed by atoms with Crippen molar-refractivity contribution in [3.8, 4) is 0 Å². The molecule has 1 atom stereocenters. The topological polar surface area (TPSA) is 66.4 Å². The summed E-state index contributed by atoms with van der Waals surface area (Å²) in [6.07, 6.45) is -4.50. The lowest BCUT2D eigenvalue weighted by Crippen LogP contribution is -2.40. The number of aliphatic hydroxyl groups is 1. The molecule has 0 saturated heterocycles. The Hall–Kier alpha value is -1.12. The molecule has 4 nitrogen and oxygen atoms in total. The number of rotatable bonds is 5. The second kappa shape index (κ2) is 5.71. The summed E-state index contributed by atoms with van der Waals surface area (Å²) in [5.74, 6) is 0. The van der Waals surface area contributed by atoms with Gasteiger partial charge in [0, 0.05) is 6.54 Å². The molecule has 20 heavy (non-hydrogen) atoms. The zero-order chi connectivity index (χ0) is 15.6. The van der Waals surface area contributed by atoms with Crippen LogP contribution in [0.4, 0.5) is 13.2 Å². The molecule has 0 aliphatic rings. The predicted molar refractivity (Wildman–Crippen MR) is 67.5 cm³/mol. The average molecular weight is 311 g/mol. The van der Waals surface area contributed by atoms with Crippen molar-refractivity contribution in [2.24, 2.45) is 0 Å². The van der Waals surface area contributed by atoms with Crippen LogP contribution in [0.15, 0.2) is 29.2 Å². The summed E-state index contributed by atoms with van der Waals surface area (Å²) in [6, 6.07) is 3.91. The van der Waals surface area contributed by atoms with Crippen molar-refractivity contribution in [3.63, 3.8) is 0 Å². The van der Waals surface area contributed by atoms with Crippen LogP contribution < -0.4 is 4.72 Å². The van der Waals surface area contributed by atoms with Gasteiger partial charge in [0.2, 0.25) is 10.0 Å². The molecule has 0 spiro atoms. The van der Waals surface area contributed by atoms with Gasteiger partial charge in [0.25, 0.3) is 0 Å². The van der Waals surface area contributed by atoms with E-state index in [1.165, 1.54) is 13.0 Å². The third kappa shape index (κ3) is 4.19. The van der Waals surface area contributed by atoms with Gasteiger partial charge in [0.1, 0.15) is 0 Å².